The van der Waals surface area contributed by atoms with Gasteiger partial charge in [-0.05, 0) is 35.9 Å². The van der Waals surface area contributed by atoms with Crippen LogP contribution in [0.15, 0.2) is 36.4 Å². The lowest BCUT2D eigenvalue weighted by Crippen LogP contribution is -1.97. The van der Waals surface area contributed by atoms with Gasteiger partial charge in [-0.15, -0.1) is 0 Å². The van der Waals surface area contributed by atoms with E-state index in [9.17, 15) is 4.39 Å². The Bertz CT molecular complexity index is 652. The molecule has 0 unspecified atom stereocenters. The summed E-state index contributed by atoms with van der Waals surface area (Å²) in [5.74, 6) is 0.0592. The summed E-state index contributed by atoms with van der Waals surface area (Å²) >= 11 is 11.6. The maximum Gasteiger partial charge on any atom is 0.124 e. The van der Waals surface area contributed by atoms with Gasteiger partial charge in [-0.2, -0.15) is 5.26 Å². The van der Waals surface area contributed by atoms with Gasteiger partial charge in [-0.25, -0.2) is 4.39 Å². The molecule has 0 bridgehead atoms. The Labute approximate surface area is 119 Å². The number of hydrogen-bond donors (Lipinski definition) is 0. The molecule has 0 atom stereocenters. The average molecular weight is 296 g/mol. The van der Waals surface area contributed by atoms with Crippen LogP contribution in [0.3, 0.4) is 0 Å². The second-order valence-corrected chi connectivity index (χ2v) is 4.64. The van der Waals surface area contributed by atoms with Crippen LogP contribution in [0.4, 0.5) is 4.39 Å². The van der Waals surface area contributed by atoms with E-state index in [1.54, 1.807) is 24.3 Å². The van der Waals surface area contributed by atoms with E-state index in [0.29, 0.717) is 21.4 Å². The van der Waals surface area contributed by atoms with E-state index < -0.39 is 5.82 Å². The van der Waals surface area contributed by atoms with Crippen molar-refractivity contribution in [2.45, 2.75) is 6.61 Å². The van der Waals surface area contributed by atoms with Gasteiger partial charge in [-0.3, -0.25) is 0 Å². The normalized spacial score (nSPS) is 10.0. The average Bonchev–Trinajstić information content (AvgIpc) is 2.39. The van der Waals surface area contributed by atoms with Crippen molar-refractivity contribution in [3.05, 3.63) is 63.4 Å². The van der Waals surface area contributed by atoms with E-state index in [-0.39, 0.29) is 12.2 Å². The van der Waals surface area contributed by atoms with Crippen molar-refractivity contribution < 1.29 is 9.13 Å². The summed E-state index contributed by atoms with van der Waals surface area (Å²) in [6.07, 6.45) is 0. The maximum atomic E-state index is 13.2. The molecule has 0 aliphatic heterocycles. The summed E-state index contributed by atoms with van der Waals surface area (Å²) in [5, 5.41) is 9.57. The zero-order chi connectivity index (χ0) is 13.8. The van der Waals surface area contributed by atoms with Crippen LogP contribution in [0.2, 0.25) is 10.0 Å². The van der Waals surface area contributed by atoms with E-state index in [1.165, 1.54) is 12.1 Å². The van der Waals surface area contributed by atoms with Crippen molar-refractivity contribution in [3.8, 4) is 11.8 Å². The van der Waals surface area contributed by atoms with Crippen molar-refractivity contribution in [2.75, 3.05) is 0 Å². The highest BCUT2D eigenvalue weighted by atomic mass is 35.5. The van der Waals surface area contributed by atoms with Crippen LogP contribution in [0, 0.1) is 17.1 Å². The topological polar surface area (TPSA) is 33.0 Å². The molecule has 96 valence electrons. The fourth-order valence-corrected chi connectivity index (χ4v) is 1.82. The van der Waals surface area contributed by atoms with Crippen LogP contribution in [0.1, 0.15) is 11.1 Å². The van der Waals surface area contributed by atoms with Gasteiger partial charge in [0.05, 0.1) is 21.7 Å². The van der Waals surface area contributed by atoms with Crippen LogP contribution in [0.25, 0.3) is 0 Å². The fraction of sp³-hybridized carbons (Fsp3) is 0.0714. The van der Waals surface area contributed by atoms with Crippen molar-refractivity contribution in [1.29, 1.82) is 5.26 Å². The molecule has 2 nitrogen and oxygen atoms in total. The van der Waals surface area contributed by atoms with Crippen LogP contribution in [-0.4, -0.2) is 0 Å². The number of halogens is 3. The second kappa shape index (κ2) is 5.92. The Morgan fingerprint density at radius 3 is 2.58 bits per heavy atom. The standard InChI is InChI=1S/C14H8Cl2FNO/c15-13-2-1-12(6-14(13)16)19-8-10-3-9(7-18)4-11(17)5-10/h1-6H,8H2. The first-order valence-corrected chi connectivity index (χ1v) is 6.11. The zero-order valence-corrected chi connectivity index (χ0v) is 11.2. The number of ether oxygens (including phenoxy) is 1. The molecule has 2 aromatic rings. The monoisotopic (exact) mass is 295 g/mol. The minimum atomic E-state index is -0.466. The van der Waals surface area contributed by atoms with Gasteiger partial charge in [0.1, 0.15) is 18.2 Å². The molecule has 0 heterocycles. The van der Waals surface area contributed by atoms with Crippen LogP contribution >= 0.6 is 23.2 Å². The first-order valence-electron chi connectivity index (χ1n) is 5.36. The Morgan fingerprint density at radius 1 is 1.11 bits per heavy atom. The first kappa shape index (κ1) is 13.7. The van der Waals surface area contributed by atoms with Crippen molar-refractivity contribution in [3.63, 3.8) is 0 Å². The Hall–Kier alpha value is -1.76. The Morgan fingerprint density at radius 2 is 1.89 bits per heavy atom. The molecule has 2 aromatic carbocycles. The highest BCUT2D eigenvalue weighted by Crippen LogP contribution is 2.26. The summed E-state index contributed by atoms with van der Waals surface area (Å²) in [7, 11) is 0. The SMILES string of the molecule is N#Cc1cc(F)cc(COc2ccc(Cl)c(Cl)c2)c1. The van der Waals surface area contributed by atoms with Gasteiger partial charge in [0.2, 0.25) is 0 Å². The first-order chi connectivity index (χ1) is 9.08. The predicted molar refractivity (Wildman–Crippen MR) is 71.9 cm³/mol. The third-order valence-corrected chi connectivity index (χ3v) is 3.12. The molecular weight excluding hydrogens is 288 g/mol. The number of hydrogen-bond acceptors (Lipinski definition) is 2. The smallest absolute Gasteiger partial charge is 0.124 e. The van der Waals surface area contributed by atoms with E-state index >= 15 is 0 Å². The molecule has 0 saturated carbocycles. The summed E-state index contributed by atoms with van der Waals surface area (Å²) in [6.45, 7) is 0.143. The molecule has 0 fully saturated rings. The Kier molecular flexibility index (Phi) is 4.26. The molecule has 0 radical (unpaired) electrons. The molecule has 0 aliphatic carbocycles. The number of nitriles is 1. The van der Waals surface area contributed by atoms with Gasteiger partial charge >= 0.3 is 0 Å². The molecular formula is C14H8Cl2FNO. The van der Waals surface area contributed by atoms with E-state index in [4.69, 9.17) is 33.2 Å². The minimum absolute atomic E-state index is 0.143. The van der Waals surface area contributed by atoms with Crippen LogP contribution < -0.4 is 4.74 Å². The van der Waals surface area contributed by atoms with E-state index in [1.807, 2.05) is 6.07 Å². The van der Waals surface area contributed by atoms with E-state index in [0.717, 1.165) is 0 Å². The maximum absolute atomic E-state index is 13.2. The predicted octanol–water partition coefficient (Wildman–Crippen LogP) is 4.58. The lowest BCUT2D eigenvalue weighted by atomic mass is 10.1. The van der Waals surface area contributed by atoms with Gasteiger partial charge in [-0.1, -0.05) is 23.2 Å². The zero-order valence-electron chi connectivity index (χ0n) is 9.66. The van der Waals surface area contributed by atoms with Gasteiger partial charge in [0.15, 0.2) is 0 Å². The van der Waals surface area contributed by atoms with Crippen molar-refractivity contribution >= 4 is 23.2 Å². The molecule has 5 heteroatoms. The molecule has 0 N–H and O–H groups in total. The van der Waals surface area contributed by atoms with Crippen molar-refractivity contribution in [2.24, 2.45) is 0 Å². The lowest BCUT2D eigenvalue weighted by molar-refractivity contribution is 0.305. The molecule has 0 amide bonds. The lowest BCUT2D eigenvalue weighted by Gasteiger charge is -2.07. The van der Waals surface area contributed by atoms with Gasteiger partial charge in [0, 0.05) is 6.07 Å². The second-order valence-electron chi connectivity index (χ2n) is 3.82. The third-order valence-electron chi connectivity index (χ3n) is 2.38. The summed E-state index contributed by atoms with van der Waals surface area (Å²) in [6, 6.07) is 10.8. The summed E-state index contributed by atoms with van der Waals surface area (Å²) < 4.78 is 18.7. The molecule has 0 saturated heterocycles. The van der Waals surface area contributed by atoms with E-state index in [2.05, 4.69) is 0 Å². The van der Waals surface area contributed by atoms with Gasteiger partial charge < -0.3 is 4.74 Å². The van der Waals surface area contributed by atoms with Crippen LogP contribution in [0.5, 0.6) is 5.75 Å². The quantitative estimate of drug-likeness (QED) is 0.830. The highest BCUT2D eigenvalue weighted by molar-refractivity contribution is 6.42. The fourth-order valence-electron chi connectivity index (χ4n) is 1.53. The summed E-state index contributed by atoms with van der Waals surface area (Å²) in [4.78, 5) is 0. The molecule has 0 aliphatic rings. The minimum Gasteiger partial charge on any atom is -0.489 e. The number of rotatable bonds is 3. The van der Waals surface area contributed by atoms with Gasteiger partial charge in [0.25, 0.3) is 0 Å². The van der Waals surface area contributed by atoms with Crippen LogP contribution in [-0.2, 0) is 6.61 Å². The number of nitrogens with zero attached hydrogens (tertiary/aromatic N) is 1. The largest absolute Gasteiger partial charge is 0.489 e. The van der Waals surface area contributed by atoms with Crippen molar-refractivity contribution in [1.82, 2.24) is 0 Å². The molecule has 0 spiro atoms. The molecule has 0 aromatic heterocycles. The Balaban J connectivity index is 2.12. The molecule has 19 heavy (non-hydrogen) atoms. The summed E-state index contributed by atoms with van der Waals surface area (Å²) in [5.41, 5.74) is 0.829. The third kappa shape index (κ3) is 3.60. The number of benzene rings is 2. The highest BCUT2D eigenvalue weighted by Gasteiger charge is 2.03. The molecule has 2 rings (SSSR count).